The second-order valence-corrected chi connectivity index (χ2v) is 6.56. The van der Waals surface area contributed by atoms with E-state index in [-0.39, 0.29) is 6.42 Å². The maximum Gasteiger partial charge on any atom is 0.303 e. The lowest BCUT2D eigenvalue weighted by atomic mass is 9.97. The SMILES string of the molecule is C/C(CCC(=O)O)=C(/C)c1cc(F)ccc1NC(=O)C1=CC#CC(Cl)C=C1. The van der Waals surface area contributed by atoms with Crippen LogP contribution in [0.4, 0.5) is 10.1 Å². The largest absolute Gasteiger partial charge is 0.481 e. The second kappa shape index (κ2) is 9.20. The monoisotopic (exact) mass is 387 g/mol. The maximum atomic E-state index is 13.8. The zero-order valence-electron chi connectivity index (χ0n) is 15.0. The second-order valence-electron chi connectivity index (χ2n) is 6.09. The summed E-state index contributed by atoms with van der Waals surface area (Å²) in [6.07, 6.45) is 4.98. The number of carbonyl (C=O) groups excluding carboxylic acids is 1. The van der Waals surface area contributed by atoms with Gasteiger partial charge in [-0.15, -0.1) is 11.6 Å². The van der Waals surface area contributed by atoms with E-state index in [1.807, 2.05) is 0 Å². The van der Waals surface area contributed by atoms with Crippen molar-refractivity contribution in [3.05, 3.63) is 59.0 Å². The first-order chi connectivity index (χ1) is 12.8. The number of allylic oxidation sites excluding steroid dienone is 4. The quantitative estimate of drug-likeness (QED) is 0.556. The molecule has 2 N–H and O–H groups in total. The third-order valence-electron chi connectivity index (χ3n) is 4.14. The molecule has 0 fully saturated rings. The Morgan fingerprint density at radius 3 is 2.74 bits per heavy atom. The van der Waals surface area contributed by atoms with E-state index in [2.05, 4.69) is 17.2 Å². The molecule has 6 heteroatoms. The Balaban J connectivity index is 2.31. The van der Waals surface area contributed by atoms with Crippen molar-refractivity contribution in [3.8, 4) is 11.8 Å². The van der Waals surface area contributed by atoms with Gasteiger partial charge in [-0.1, -0.05) is 29.6 Å². The smallest absolute Gasteiger partial charge is 0.303 e. The van der Waals surface area contributed by atoms with Gasteiger partial charge < -0.3 is 10.4 Å². The number of carboxylic acids is 1. The lowest BCUT2D eigenvalue weighted by molar-refractivity contribution is -0.137. The van der Waals surface area contributed by atoms with E-state index in [9.17, 15) is 14.0 Å². The summed E-state index contributed by atoms with van der Waals surface area (Å²) in [4.78, 5) is 23.3. The van der Waals surface area contributed by atoms with Crippen LogP contribution in [0.2, 0.25) is 0 Å². The van der Waals surface area contributed by atoms with Gasteiger partial charge in [0.25, 0.3) is 5.91 Å². The van der Waals surface area contributed by atoms with Crippen LogP contribution >= 0.6 is 11.6 Å². The van der Waals surface area contributed by atoms with E-state index < -0.39 is 23.1 Å². The predicted octanol–water partition coefficient (Wildman–Crippen LogP) is 4.53. The van der Waals surface area contributed by atoms with Crippen molar-refractivity contribution in [2.75, 3.05) is 5.32 Å². The maximum absolute atomic E-state index is 13.8. The topological polar surface area (TPSA) is 66.4 Å². The normalized spacial score (nSPS) is 16.4. The number of carbonyl (C=O) groups is 2. The number of carboxylic acid groups (broad SMARTS) is 1. The molecule has 4 nitrogen and oxygen atoms in total. The van der Waals surface area contributed by atoms with Gasteiger partial charge in [0.1, 0.15) is 11.2 Å². The fourth-order valence-electron chi connectivity index (χ4n) is 2.47. The van der Waals surface area contributed by atoms with Crippen LogP contribution in [0.15, 0.2) is 47.6 Å². The van der Waals surface area contributed by atoms with Gasteiger partial charge in [-0.05, 0) is 44.0 Å². The molecule has 1 unspecified atom stereocenters. The number of hydrogen-bond donors (Lipinski definition) is 2. The fourth-order valence-corrected chi connectivity index (χ4v) is 2.60. The third kappa shape index (κ3) is 5.83. The number of alkyl halides is 1. The number of rotatable bonds is 6. The molecule has 27 heavy (non-hydrogen) atoms. The first kappa shape index (κ1) is 20.5. The summed E-state index contributed by atoms with van der Waals surface area (Å²) in [5, 5.41) is 11.1. The number of benzene rings is 1. The Labute approximate surface area is 162 Å². The minimum absolute atomic E-state index is 0.0177. The van der Waals surface area contributed by atoms with E-state index in [0.29, 0.717) is 23.2 Å². The Morgan fingerprint density at radius 2 is 2.04 bits per heavy atom. The molecule has 1 aromatic carbocycles. The van der Waals surface area contributed by atoms with Crippen molar-refractivity contribution in [3.63, 3.8) is 0 Å². The molecule has 1 aliphatic rings. The van der Waals surface area contributed by atoms with Crippen LogP contribution in [-0.2, 0) is 9.59 Å². The molecule has 2 rings (SSSR count). The molecule has 1 atom stereocenters. The summed E-state index contributed by atoms with van der Waals surface area (Å²) in [6, 6.07) is 4.06. The third-order valence-corrected chi connectivity index (χ3v) is 4.40. The molecule has 1 aliphatic carbocycles. The minimum Gasteiger partial charge on any atom is -0.481 e. The van der Waals surface area contributed by atoms with Crippen LogP contribution in [0.25, 0.3) is 5.57 Å². The van der Waals surface area contributed by atoms with E-state index in [1.165, 1.54) is 24.3 Å². The highest BCUT2D eigenvalue weighted by atomic mass is 35.5. The predicted molar refractivity (Wildman–Crippen MR) is 105 cm³/mol. The van der Waals surface area contributed by atoms with Crippen molar-refractivity contribution in [1.82, 2.24) is 0 Å². The lowest BCUT2D eigenvalue weighted by Gasteiger charge is -2.14. The molecule has 0 saturated carbocycles. The summed E-state index contributed by atoms with van der Waals surface area (Å²) in [7, 11) is 0. The molecular formula is C21H19ClFNO3. The van der Waals surface area contributed by atoms with Gasteiger partial charge in [-0.25, -0.2) is 4.39 Å². The van der Waals surface area contributed by atoms with Gasteiger partial charge in [0.05, 0.1) is 0 Å². The van der Waals surface area contributed by atoms with E-state index >= 15 is 0 Å². The average molecular weight is 388 g/mol. The van der Waals surface area contributed by atoms with Crippen LogP contribution in [-0.4, -0.2) is 22.4 Å². The highest BCUT2D eigenvalue weighted by molar-refractivity contribution is 6.24. The van der Waals surface area contributed by atoms with Crippen LogP contribution in [0.1, 0.15) is 32.3 Å². The molecule has 0 aromatic heterocycles. The average Bonchev–Trinajstić information content (AvgIpc) is 2.85. The van der Waals surface area contributed by atoms with Crippen LogP contribution in [0, 0.1) is 17.7 Å². The summed E-state index contributed by atoms with van der Waals surface area (Å²) >= 11 is 5.91. The van der Waals surface area contributed by atoms with Crippen LogP contribution < -0.4 is 5.32 Å². The van der Waals surface area contributed by atoms with E-state index in [1.54, 1.807) is 26.0 Å². The van der Waals surface area contributed by atoms with Crippen LogP contribution in [0.3, 0.4) is 0 Å². The zero-order valence-corrected chi connectivity index (χ0v) is 15.7. The zero-order chi connectivity index (χ0) is 20.0. The Morgan fingerprint density at radius 1 is 1.30 bits per heavy atom. The molecule has 0 radical (unpaired) electrons. The number of anilines is 1. The Hall–Kier alpha value is -2.84. The van der Waals surface area contributed by atoms with Gasteiger partial charge in [0, 0.05) is 29.3 Å². The van der Waals surface area contributed by atoms with Gasteiger partial charge in [-0.3, -0.25) is 9.59 Å². The highest BCUT2D eigenvalue weighted by Gasteiger charge is 2.14. The van der Waals surface area contributed by atoms with Crippen LogP contribution in [0.5, 0.6) is 0 Å². The first-order valence-corrected chi connectivity index (χ1v) is 8.74. The number of amides is 1. The van der Waals surface area contributed by atoms with E-state index in [0.717, 1.165) is 11.1 Å². The van der Waals surface area contributed by atoms with Gasteiger partial charge in [0.2, 0.25) is 0 Å². The fraction of sp³-hybridized carbons (Fsp3) is 0.238. The number of halogens is 2. The van der Waals surface area contributed by atoms with Crippen molar-refractivity contribution in [1.29, 1.82) is 0 Å². The molecule has 1 aromatic rings. The molecule has 0 bridgehead atoms. The van der Waals surface area contributed by atoms with Gasteiger partial charge >= 0.3 is 5.97 Å². The van der Waals surface area contributed by atoms with Gasteiger partial charge in [0.15, 0.2) is 0 Å². The number of aliphatic carboxylic acids is 1. The first-order valence-electron chi connectivity index (χ1n) is 8.31. The molecule has 140 valence electrons. The molecule has 1 amide bonds. The molecule has 0 spiro atoms. The van der Waals surface area contributed by atoms with Gasteiger partial charge in [-0.2, -0.15) is 0 Å². The minimum atomic E-state index is -0.902. The summed E-state index contributed by atoms with van der Waals surface area (Å²) in [6.45, 7) is 3.57. The number of hydrogen-bond acceptors (Lipinski definition) is 2. The van der Waals surface area contributed by atoms with Crippen molar-refractivity contribution in [2.45, 2.75) is 32.1 Å². The molecule has 0 aliphatic heterocycles. The molecular weight excluding hydrogens is 369 g/mol. The van der Waals surface area contributed by atoms with Crippen molar-refractivity contribution < 1.29 is 19.1 Å². The summed E-state index contributed by atoms with van der Waals surface area (Å²) in [5.41, 5.74) is 2.80. The highest BCUT2D eigenvalue weighted by Crippen LogP contribution is 2.29. The lowest BCUT2D eigenvalue weighted by Crippen LogP contribution is -2.14. The van der Waals surface area contributed by atoms with Crippen molar-refractivity contribution >= 4 is 34.7 Å². The Bertz CT molecular complexity index is 919. The van der Waals surface area contributed by atoms with E-state index in [4.69, 9.17) is 16.7 Å². The molecule has 0 saturated heterocycles. The summed E-state index contributed by atoms with van der Waals surface area (Å²) in [5.74, 6) is 3.71. The summed E-state index contributed by atoms with van der Waals surface area (Å²) < 4.78 is 13.8. The Kier molecular flexibility index (Phi) is 6.98. The standard InChI is InChI=1S/C21H19ClFNO3/c1-13(6-11-20(25)26)14(2)18-12-17(23)9-10-19(18)24-21(27)15-4-3-5-16(22)8-7-15/h4,7-10,12,16H,6,11H2,1-2H3,(H,24,27)(H,25,26)/b14-13+. The molecule has 0 heterocycles. The number of nitrogens with one attached hydrogen (secondary N) is 1. The van der Waals surface area contributed by atoms with Crippen molar-refractivity contribution in [2.24, 2.45) is 0 Å².